The fraction of sp³-hybridized carbons (Fsp3) is 0.387. The molecular weight excluding hydrogens is 554 g/mol. The number of hydrogen-bond donors (Lipinski definition) is 7. The van der Waals surface area contributed by atoms with Crippen molar-refractivity contribution in [1.29, 1.82) is 0 Å². The summed E-state index contributed by atoms with van der Waals surface area (Å²) in [7, 11) is 0. The zero-order valence-corrected chi connectivity index (χ0v) is 24.2. The van der Waals surface area contributed by atoms with Crippen molar-refractivity contribution in [3.05, 3.63) is 71.9 Å². The van der Waals surface area contributed by atoms with Gasteiger partial charge in [0.2, 0.25) is 17.7 Å². The Morgan fingerprint density at radius 2 is 1.40 bits per heavy atom. The molecule has 0 aliphatic carbocycles. The van der Waals surface area contributed by atoms with E-state index in [1.807, 2.05) is 44.2 Å². The number of aromatic nitrogens is 1. The SMILES string of the molecule is CC(C)CC(NC(=O)C(CCC(=O)O)NC(=O)C(N)Cc1ccccc1)C(=O)NC(Cc1c[nH]c2ccccc12)C(=O)O. The smallest absolute Gasteiger partial charge is 0.326 e. The van der Waals surface area contributed by atoms with Crippen LogP contribution in [0, 0.1) is 5.92 Å². The van der Waals surface area contributed by atoms with Crippen LogP contribution in [0.1, 0.15) is 44.2 Å². The number of amides is 3. The molecule has 230 valence electrons. The summed E-state index contributed by atoms with van der Waals surface area (Å²) in [5.41, 5.74) is 8.41. The molecule has 1 heterocycles. The number of H-pyrrole nitrogens is 1. The molecule has 0 bridgehead atoms. The fourth-order valence-corrected chi connectivity index (χ4v) is 4.74. The van der Waals surface area contributed by atoms with Crippen molar-refractivity contribution in [2.75, 3.05) is 0 Å². The van der Waals surface area contributed by atoms with Gasteiger partial charge in [-0.3, -0.25) is 19.2 Å². The molecule has 0 fully saturated rings. The summed E-state index contributed by atoms with van der Waals surface area (Å²) in [5, 5.41) is 27.6. The third-order valence-electron chi connectivity index (χ3n) is 6.97. The Kier molecular flexibility index (Phi) is 11.8. The molecular formula is C31H39N5O7. The van der Waals surface area contributed by atoms with Crippen LogP contribution in [-0.4, -0.2) is 69.0 Å². The van der Waals surface area contributed by atoms with E-state index in [-0.39, 0.29) is 31.6 Å². The molecule has 3 aromatic rings. The molecule has 0 spiro atoms. The summed E-state index contributed by atoms with van der Waals surface area (Å²) >= 11 is 0. The predicted octanol–water partition coefficient (Wildman–Crippen LogP) is 1.73. The molecule has 2 aromatic carbocycles. The van der Waals surface area contributed by atoms with Crippen LogP contribution in [-0.2, 0) is 36.8 Å². The number of hydrogen-bond acceptors (Lipinski definition) is 6. The molecule has 0 radical (unpaired) electrons. The maximum Gasteiger partial charge on any atom is 0.326 e. The third-order valence-corrected chi connectivity index (χ3v) is 6.97. The standard InChI is InChI=1S/C31H39N5O7/c1-18(2)14-25(30(41)36-26(31(42)43)16-20-17-33-23-11-7-6-10-21(20)23)35-29(40)24(12-13-27(37)38)34-28(39)22(32)15-19-8-4-3-5-9-19/h3-11,17-18,22,24-26,33H,12-16,32H2,1-2H3,(H,34,39)(H,35,40)(H,36,41)(H,37,38)(H,42,43). The average Bonchev–Trinajstić information content (AvgIpc) is 3.37. The van der Waals surface area contributed by atoms with E-state index < -0.39 is 60.2 Å². The van der Waals surface area contributed by atoms with Crippen molar-refractivity contribution in [3.63, 3.8) is 0 Å². The number of nitrogens with two attached hydrogens (primary N) is 1. The lowest BCUT2D eigenvalue weighted by Crippen LogP contribution is -2.57. The fourth-order valence-electron chi connectivity index (χ4n) is 4.74. The zero-order valence-electron chi connectivity index (χ0n) is 24.2. The maximum absolute atomic E-state index is 13.3. The van der Waals surface area contributed by atoms with E-state index >= 15 is 0 Å². The van der Waals surface area contributed by atoms with Crippen molar-refractivity contribution < 1.29 is 34.2 Å². The number of nitrogens with one attached hydrogen (secondary N) is 4. The average molecular weight is 594 g/mol. The summed E-state index contributed by atoms with van der Waals surface area (Å²) in [4.78, 5) is 66.0. The molecule has 4 atom stereocenters. The molecule has 43 heavy (non-hydrogen) atoms. The lowest BCUT2D eigenvalue weighted by Gasteiger charge is -2.26. The zero-order chi connectivity index (χ0) is 31.5. The van der Waals surface area contributed by atoms with Crippen LogP contribution in [0.15, 0.2) is 60.8 Å². The summed E-state index contributed by atoms with van der Waals surface area (Å²) < 4.78 is 0. The van der Waals surface area contributed by atoms with Crippen LogP contribution in [0.25, 0.3) is 10.9 Å². The molecule has 0 saturated carbocycles. The van der Waals surface area contributed by atoms with Gasteiger partial charge in [-0.2, -0.15) is 0 Å². The quantitative estimate of drug-likeness (QED) is 0.130. The number of carbonyl (C=O) groups excluding carboxylic acids is 3. The third kappa shape index (κ3) is 9.96. The molecule has 0 saturated heterocycles. The van der Waals surface area contributed by atoms with Gasteiger partial charge in [0.15, 0.2) is 0 Å². The summed E-state index contributed by atoms with van der Waals surface area (Å²) in [6, 6.07) is 11.7. The Bertz CT molecular complexity index is 1420. The second kappa shape index (κ2) is 15.5. The van der Waals surface area contributed by atoms with Crippen LogP contribution in [0.5, 0.6) is 0 Å². The Morgan fingerprint density at radius 1 is 0.791 bits per heavy atom. The summed E-state index contributed by atoms with van der Waals surface area (Å²) in [6.45, 7) is 3.67. The Hall–Kier alpha value is -4.71. The lowest BCUT2D eigenvalue weighted by molar-refractivity contribution is -0.142. The van der Waals surface area contributed by atoms with Crippen LogP contribution < -0.4 is 21.7 Å². The van der Waals surface area contributed by atoms with E-state index in [0.29, 0.717) is 5.56 Å². The number of benzene rings is 2. The van der Waals surface area contributed by atoms with Crippen LogP contribution in [0.4, 0.5) is 0 Å². The van der Waals surface area contributed by atoms with Gasteiger partial charge in [0, 0.05) is 29.9 Å². The first-order valence-electron chi connectivity index (χ1n) is 14.1. The number of aromatic amines is 1. The second-order valence-electron chi connectivity index (χ2n) is 10.9. The molecule has 3 rings (SSSR count). The van der Waals surface area contributed by atoms with E-state index in [9.17, 15) is 34.2 Å². The van der Waals surface area contributed by atoms with Gasteiger partial charge in [-0.15, -0.1) is 0 Å². The van der Waals surface area contributed by atoms with Gasteiger partial charge in [0.05, 0.1) is 6.04 Å². The van der Waals surface area contributed by atoms with Crippen LogP contribution in [0.2, 0.25) is 0 Å². The summed E-state index contributed by atoms with van der Waals surface area (Å²) in [6.07, 6.45) is 1.41. The highest BCUT2D eigenvalue weighted by Crippen LogP contribution is 2.19. The van der Waals surface area contributed by atoms with E-state index in [0.717, 1.165) is 16.5 Å². The molecule has 4 unspecified atom stereocenters. The lowest BCUT2D eigenvalue weighted by atomic mass is 10.00. The minimum absolute atomic E-state index is 0.00400. The summed E-state index contributed by atoms with van der Waals surface area (Å²) in [5.74, 6) is -4.61. The van der Waals surface area contributed by atoms with Gasteiger partial charge < -0.3 is 36.9 Å². The number of fused-ring (bicyclic) bond motifs is 1. The van der Waals surface area contributed by atoms with Crippen LogP contribution in [0.3, 0.4) is 0 Å². The Labute approximate surface area is 249 Å². The van der Waals surface area contributed by atoms with Gasteiger partial charge >= 0.3 is 11.9 Å². The first-order chi connectivity index (χ1) is 20.4. The van der Waals surface area contributed by atoms with Crippen molar-refractivity contribution in [2.45, 2.75) is 70.1 Å². The monoisotopic (exact) mass is 593 g/mol. The topological polar surface area (TPSA) is 204 Å². The molecule has 1 aromatic heterocycles. The molecule has 0 aliphatic rings. The number of para-hydroxylation sites is 1. The normalized spacial score (nSPS) is 14.0. The molecule has 3 amide bonds. The highest BCUT2D eigenvalue weighted by Gasteiger charge is 2.31. The Morgan fingerprint density at radius 3 is 2.05 bits per heavy atom. The van der Waals surface area contributed by atoms with Gasteiger partial charge in [-0.1, -0.05) is 62.4 Å². The maximum atomic E-state index is 13.3. The minimum atomic E-state index is -1.28. The first kappa shape index (κ1) is 32.8. The van der Waals surface area contributed by atoms with Crippen LogP contribution >= 0.6 is 0 Å². The Balaban J connectivity index is 1.72. The van der Waals surface area contributed by atoms with Crippen molar-refractivity contribution >= 4 is 40.6 Å². The van der Waals surface area contributed by atoms with E-state index in [4.69, 9.17) is 5.73 Å². The number of carboxylic acid groups (broad SMARTS) is 2. The molecule has 12 nitrogen and oxygen atoms in total. The minimum Gasteiger partial charge on any atom is -0.481 e. The van der Waals surface area contributed by atoms with E-state index in [1.54, 1.807) is 30.5 Å². The van der Waals surface area contributed by atoms with E-state index in [1.165, 1.54) is 0 Å². The van der Waals surface area contributed by atoms with Crippen molar-refractivity contribution in [2.24, 2.45) is 11.7 Å². The number of carboxylic acids is 2. The van der Waals surface area contributed by atoms with Crippen molar-refractivity contribution in [3.8, 4) is 0 Å². The largest absolute Gasteiger partial charge is 0.481 e. The predicted molar refractivity (Wildman–Crippen MR) is 160 cm³/mol. The number of carbonyl (C=O) groups is 5. The highest BCUT2D eigenvalue weighted by atomic mass is 16.4. The number of aliphatic carboxylic acids is 2. The van der Waals surface area contributed by atoms with Gasteiger partial charge in [0.1, 0.15) is 18.1 Å². The second-order valence-corrected chi connectivity index (χ2v) is 10.9. The molecule has 8 N–H and O–H groups in total. The van der Waals surface area contributed by atoms with Crippen molar-refractivity contribution in [1.82, 2.24) is 20.9 Å². The number of rotatable bonds is 16. The molecule has 12 heteroatoms. The van der Waals surface area contributed by atoms with E-state index in [2.05, 4.69) is 20.9 Å². The van der Waals surface area contributed by atoms with Gasteiger partial charge in [-0.25, -0.2) is 4.79 Å². The highest BCUT2D eigenvalue weighted by molar-refractivity contribution is 5.94. The molecule has 0 aliphatic heterocycles. The first-order valence-corrected chi connectivity index (χ1v) is 14.1. The van der Waals surface area contributed by atoms with Gasteiger partial charge in [0.25, 0.3) is 0 Å². The van der Waals surface area contributed by atoms with Gasteiger partial charge in [-0.05, 0) is 42.4 Å².